The van der Waals surface area contributed by atoms with Crippen LogP contribution in [0.3, 0.4) is 0 Å². The molecular formula is C23H19N3O2. The first-order chi connectivity index (χ1) is 13.8. The van der Waals surface area contributed by atoms with Crippen molar-refractivity contribution in [2.45, 2.75) is 0 Å². The Kier molecular flexibility index (Phi) is 5.05. The van der Waals surface area contributed by atoms with Crippen molar-refractivity contribution < 1.29 is 9.47 Å². The molecule has 1 N–H and O–H groups in total. The van der Waals surface area contributed by atoms with Crippen LogP contribution in [0.5, 0.6) is 5.75 Å². The van der Waals surface area contributed by atoms with Gasteiger partial charge in [-0.2, -0.15) is 5.26 Å². The van der Waals surface area contributed by atoms with E-state index in [4.69, 9.17) is 9.47 Å². The number of rotatable bonds is 6. The molecule has 2 heterocycles. The summed E-state index contributed by atoms with van der Waals surface area (Å²) in [5.41, 5.74) is 3.38. The summed E-state index contributed by atoms with van der Waals surface area (Å²) in [4.78, 5) is 7.41. The van der Waals surface area contributed by atoms with Gasteiger partial charge in [0.05, 0.1) is 18.2 Å². The number of H-pyrrole nitrogens is 1. The van der Waals surface area contributed by atoms with Crippen molar-refractivity contribution in [2.24, 2.45) is 0 Å². The molecule has 4 rings (SSSR count). The fourth-order valence-corrected chi connectivity index (χ4v) is 3.25. The van der Waals surface area contributed by atoms with Crippen LogP contribution < -0.4 is 4.74 Å². The van der Waals surface area contributed by atoms with Gasteiger partial charge >= 0.3 is 0 Å². The van der Waals surface area contributed by atoms with Crippen LogP contribution in [0.2, 0.25) is 0 Å². The normalized spacial score (nSPS) is 11.6. The summed E-state index contributed by atoms with van der Waals surface area (Å²) >= 11 is 0. The number of ether oxygens (including phenoxy) is 2. The second kappa shape index (κ2) is 7.95. The van der Waals surface area contributed by atoms with E-state index in [1.54, 1.807) is 13.3 Å². The Morgan fingerprint density at radius 1 is 1.18 bits per heavy atom. The third kappa shape index (κ3) is 3.46. The molecule has 0 fully saturated rings. The van der Waals surface area contributed by atoms with Crippen molar-refractivity contribution in [1.82, 2.24) is 9.97 Å². The van der Waals surface area contributed by atoms with Gasteiger partial charge in [-0.1, -0.05) is 18.2 Å². The highest BCUT2D eigenvalue weighted by Crippen LogP contribution is 2.30. The average molecular weight is 369 g/mol. The van der Waals surface area contributed by atoms with Crippen LogP contribution in [-0.2, 0) is 4.74 Å². The lowest BCUT2D eigenvalue weighted by atomic mass is 10.00. The molecule has 138 valence electrons. The van der Waals surface area contributed by atoms with Gasteiger partial charge in [-0.05, 0) is 41.3 Å². The summed E-state index contributed by atoms with van der Waals surface area (Å²) in [5.74, 6) is 0.749. The fourth-order valence-electron chi connectivity index (χ4n) is 3.25. The van der Waals surface area contributed by atoms with E-state index in [1.807, 2.05) is 60.9 Å². The quantitative estimate of drug-likeness (QED) is 0.391. The second-order valence-electron chi connectivity index (χ2n) is 6.36. The first kappa shape index (κ1) is 17.8. The van der Waals surface area contributed by atoms with Gasteiger partial charge in [-0.25, -0.2) is 0 Å². The molecule has 0 bridgehead atoms. The molecular weight excluding hydrogens is 350 g/mol. The number of fused-ring (bicyclic) bond motifs is 2. The number of pyridine rings is 1. The van der Waals surface area contributed by atoms with E-state index >= 15 is 0 Å². The fraction of sp³-hybridized carbons (Fsp3) is 0.130. The van der Waals surface area contributed by atoms with Crippen LogP contribution in [0, 0.1) is 11.3 Å². The first-order valence-electron chi connectivity index (χ1n) is 8.98. The van der Waals surface area contributed by atoms with Crippen molar-refractivity contribution in [3.05, 3.63) is 72.2 Å². The summed E-state index contributed by atoms with van der Waals surface area (Å²) in [6.45, 7) is 1.00. The Morgan fingerprint density at radius 2 is 2.11 bits per heavy atom. The number of nitrogens with one attached hydrogen (secondary N) is 1. The Labute approximate surface area is 162 Å². The van der Waals surface area contributed by atoms with Crippen molar-refractivity contribution in [3.63, 3.8) is 0 Å². The number of benzene rings is 2. The Morgan fingerprint density at radius 3 is 2.96 bits per heavy atom. The summed E-state index contributed by atoms with van der Waals surface area (Å²) in [7, 11) is 1.64. The maximum Gasteiger partial charge on any atom is 0.120 e. The van der Waals surface area contributed by atoms with Crippen LogP contribution in [0.15, 0.2) is 61.1 Å². The average Bonchev–Trinajstić information content (AvgIpc) is 3.15. The molecule has 0 amide bonds. The lowest BCUT2D eigenvalue weighted by Gasteiger charge is -2.06. The molecule has 0 aliphatic rings. The SMILES string of the molecule is COCCOc1ccc2[nH]cc(/C(C#N)=C/c3cccc4cnccc34)c2c1. The van der Waals surface area contributed by atoms with E-state index in [1.165, 1.54) is 0 Å². The van der Waals surface area contributed by atoms with Crippen molar-refractivity contribution in [1.29, 1.82) is 5.26 Å². The van der Waals surface area contributed by atoms with E-state index in [-0.39, 0.29) is 0 Å². The Balaban J connectivity index is 1.77. The molecule has 0 spiro atoms. The first-order valence-corrected chi connectivity index (χ1v) is 8.98. The number of hydrogen-bond donors (Lipinski definition) is 1. The second-order valence-corrected chi connectivity index (χ2v) is 6.36. The molecule has 28 heavy (non-hydrogen) atoms. The number of aromatic nitrogens is 2. The smallest absolute Gasteiger partial charge is 0.120 e. The predicted octanol–water partition coefficient (Wildman–Crippen LogP) is 4.81. The zero-order chi connectivity index (χ0) is 19.3. The number of nitrogens with zero attached hydrogens (tertiary/aromatic N) is 2. The van der Waals surface area contributed by atoms with Gasteiger partial charge in [0.2, 0.25) is 0 Å². The third-order valence-electron chi connectivity index (χ3n) is 4.63. The summed E-state index contributed by atoms with van der Waals surface area (Å²) in [6, 6.07) is 16.1. The van der Waals surface area contributed by atoms with E-state index < -0.39 is 0 Å². The number of allylic oxidation sites excluding steroid dienone is 1. The van der Waals surface area contributed by atoms with E-state index in [2.05, 4.69) is 16.0 Å². The standard InChI is InChI=1S/C23H19N3O2/c1-27-9-10-28-19-5-6-23-21(12-19)22(15-26-23)18(13-24)11-16-3-2-4-17-14-25-8-7-20(16)17/h2-8,11-12,14-15,26H,9-10H2,1H3/b18-11+. The van der Waals surface area contributed by atoms with E-state index in [9.17, 15) is 5.26 Å². The molecule has 0 unspecified atom stereocenters. The Bertz CT molecular complexity index is 1200. The van der Waals surface area contributed by atoms with E-state index in [0.717, 1.165) is 38.6 Å². The van der Waals surface area contributed by atoms with Crippen LogP contribution in [0.4, 0.5) is 0 Å². The summed E-state index contributed by atoms with van der Waals surface area (Å²) in [6.07, 6.45) is 7.38. The maximum absolute atomic E-state index is 9.84. The minimum absolute atomic E-state index is 0.479. The Hall–Kier alpha value is -3.62. The van der Waals surface area contributed by atoms with Crippen LogP contribution in [0.1, 0.15) is 11.1 Å². The zero-order valence-corrected chi connectivity index (χ0v) is 15.5. The molecule has 2 aromatic heterocycles. The number of nitriles is 1. The topological polar surface area (TPSA) is 70.9 Å². The molecule has 0 atom stereocenters. The number of methoxy groups -OCH3 is 1. The molecule has 0 radical (unpaired) electrons. The number of aromatic amines is 1. The monoisotopic (exact) mass is 369 g/mol. The van der Waals surface area contributed by atoms with Gasteiger partial charge in [0.25, 0.3) is 0 Å². The molecule has 5 heteroatoms. The van der Waals surface area contributed by atoms with Gasteiger partial charge in [-0.3, -0.25) is 4.98 Å². The largest absolute Gasteiger partial charge is 0.491 e. The molecule has 2 aromatic carbocycles. The predicted molar refractivity (Wildman–Crippen MR) is 111 cm³/mol. The van der Waals surface area contributed by atoms with Crippen LogP contribution >= 0.6 is 0 Å². The van der Waals surface area contributed by atoms with Gasteiger partial charge in [-0.15, -0.1) is 0 Å². The van der Waals surface area contributed by atoms with Gasteiger partial charge in [0.15, 0.2) is 0 Å². The zero-order valence-electron chi connectivity index (χ0n) is 15.5. The van der Waals surface area contributed by atoms with Crippen molar-refractivity contribution >= 4 is 33.3 Å². The minimum atomic E-state index is 0.479. The van der Waals surface area contributed by atoms with Crippen LogP contribution in [-0.4, -0.2) is 30.3 Å². The van der Waals surface area contributed by atoms with Gasteiger partial charge in [0.1, 0.15) is 12.4 Å². The summed E-state index contributed by atoms with van der Waals surface area (Å²) in [5, 5.41) is 12.9. The maximum atomic E-state index is 9.84. The highest BCUT2D eigenvalue weighted by Gasteiger charge is 2.11. The van der Waals surface area contributed by atoms with E-state index in [0.29, 0.717) is 18.8 Å². The molecule has 4 aromatic rings. The molecule has 0 saturated carbocycles. The van der Waals surface area contributed by atoms with Gasteiger partial charge in [0, 0.05) is 47.6 Å². The van der Waals surface area contributed by atoms with Gasteiger partial charge < -0.3 is 14.5 Å². The lowest BCUT2D eigenvalue weighted by Crippen LogP contribution is -2.03. The highest BCUT2D eigenvalue weighted by molar-refractivity contribution is 6.04. The molecule has 0 saturated heterocycles. The van der Waals surface area contributed by atoms with Crippen LogP contribution in [0.25, 0.3) is 33.3 Å². The highest BCUT2D eigenvalue weighted by atomic mass is 16.5. The van der Waals surface area contributed by atoms with Crippen molar-refractivity contribution in [2.75, 3.05) is 20.3 Å². The summed E-state index contributed by atoms with van der Waals surface area (Å²) < 4.78 is 10.7. The molecule has 0 aliphatic heterocycles. The number of hydrogen-bond acceptors (Lipinski definition) is 4. The molecule has 5 nitrogen and oxygen atoms in total. The third-order valence-corrected chi connectivity index (χ3v) is 4.63. The lowest BCUT2D eigenvalue weighted by molar-refractivity contribution is 0.146. The minimum Gasteiger partial charge on any atom is -0.491 e. The van der Waals surface area contributed by atoms with Crippen molar-refractivity contribution in [3.8, 4) is 11.8 Å². The molecule has 0 aliphatic carbocycles.